The van der Waals surface area contributed by atoms with Crippen LogP contribution in [-0.2, 0) is 19.3 Å². The molecule has 112 valence electrons. The van der Waals surface area contributed by atoms with Crippen LogP contribution in [0, 0.1) is 5.82 Å². The second kappa shape index (κ2) is 7.06. The first kappa shape index (κ1) is 16.0. The third-order valence-corrected chi connectivity index (χ3v) is 4.24. The van der Waals surface area contributed by atoms with Crippen LogP contribution in [-0.4, -0.2) is 0 Å². The molecule has 1 atom stereocenters. The molecule has 2 aromatic carbocycles. The van der Waals surface area contributed by atoms with Crippen LogP contribution in [0.5, 0.6) is 0 Å². The summed E-state index contributed by atoms with van der Waals surface area (Å²) in [6, 6.07) is 10.9. The summed E-state index contributed by atoms with van der Waals surface area (Å²) in [5, 5.41) is 0.440. The molecule has 2 aromatic rings. The summed E-state index contributed by atoms with van der Waals surface area (Å²) in [5.41, 5.74) is 10.4. The van der Waals surface area contributed by atoms with Gasteiger partial charge in [0.1, 0.15) is 5.82 Å². The van der Waals surface area contributed by atoms with Crippen molar-refractivity contribution >= 4 is 11.6 Å². The fourth-order valence-electron chi connectivity index (χ4n) is 2.59. The smallest absolute Gasteiger partial charge is 0.127 e. The van der Waals surface area contributed by atoms with E-state index in [1.54, 1.807) is 12.1 Å². The SMILES string of the molecule is CCc1ccc(CC)c(C(N)Cc2c(F)cccc2Cl)c1. The maximum Gasteiger partial charge on any atom is 0.127 e. The summed E-state index contributed by atoms with van der Waals surface area (Å²) in [6.07, 6.45) is 2.29. The zero-order chi connectivity index (χ0) is 15.4. The van der Waals surface area contributed by atoms with Gasteiger partial charge in [0.25, 0.3) is 0 Å². The summed E-state index contributed by atoms with van der Waals surface area (Å²) in [5.74, 6) is -0.289. The molecule has 0 spiro atoms. The average molecular weight is 306 g/mol. The van der Waals surface area contributed by atoms with E-state index in [0.717, 1.165) is 18.4 Å². The fraction of sp³-hybridized carbons (Fsp3) is 0.333. The summed E-state index contributed by atoms with van der Waals surface area (Å²) in [6.45, 7) is 4.22. The minimum atomic E-state index is -0.289. The van der Waals surface area contributed by atoms with Gasteiger partial charge >= 0.3 is 0 Å². The van der Waals surface area contributed by atoms with Crippen molar-refractivity contribution < 1.29 is 4.39 Å². The molecule has 0 heterocycles. The molecule has 0 saturated carbocycles. The minimum absolute atomic E-state index is 0.249. The fourth-order valence-corrected chi connectivity index (χ4v) is 2.83. The van der Waals surface area contributed by atoms with Gasteiger partial charge in [0.05, 0.1) is 0 Å². The maximum atomic E-state index is 13.9. The summed E-state index contributed by atoms with van der Waals surface area (Å²) in [7, 11) is 0. The Hall–Kier alpha value is -1.38. The molecule has 1 nitrogen and oxygen atoms in total. The van der Waals surface area contributed by atoms with Crippen molar-refractivity contribution in [3.8, 4) is 0 Å². The number of hydrogen-bond donors (Lipinski definition) is 1. The van der Waals surface area contributed by atoms with E-state index in [-0.39, 0.29) is 11.9 Å². The van der Waals surface area contributed by atoms with Gasteiger partial charge in [0.2, 0.25) is 0 Å². The third kappa shape index (κ3) is 3.63. The van der Waals surface area contributed by atoms with Crippen LogP contribution in [0.4, 0.5) is 4.39 Å². The molecule has 1 unspecified atom stereocenters. The predicted molar refractivity (Wildman–Crippen MR) is 87.2 cm³/mol. The van der Waals surface area contributed by atoms with Crippen molar-refractivity contribution in [2.45, 2.75) is 39.2 Å². The standard InChI is InChI=1S/C18H21ClFN/c1-3-12-8-9-13(4-2)14(10-12)18(21)11-15-16(19)6-5-7-17(15)20/h5-10,18H,3-4,11,21H2,1-2H3. The van der Waals surface area contributed by atoms with Gasteiger partial charge in [0.15, 0.2) is 0 Å². The Morgan fingerprint density at radius 2 is 1.90 bits per heavy atom. The van der Waals surface area contributed by atoms with E-state index < -0.39 is 0 Å². The molecule has 0 aromatic heterocycles. The Labute approximate surface area is 130 Å². The van der Waals surface area contributed by atoms with E-state index in [1.165, 1.54) is 17.2 Å². The molecule has 0 saturated heterocycles. The van der Waals surface area contributed by atoms with E-state index >= 15 is 0 Å². The van der Waals surface area contributed by atoms with E-state index in [1.807, 2.05) is 0 Å². The first-order valence-electron chi connectivity index (χ1n) is 7.37. The van der Waals surface area contributed by atoms with Gasteiger partial charge in [-0.15, -0.1) is 0 Å². The highest BCUT2D eigenvalue weighted by Crippen LogP contribution is 2.27. The lowest BCUT2D eigenvalue weighted by Gasteiger charge is -2.18. The Morgan fingerprint density at radius 3 is 2.52 bits per heavy atom. The topological polar surface area (TPSA) is 26.0 Å². The lowest BCUT2D eigenvalue weighted by molar-refractivity contribution is 0.592. The number of rotatable bonds is 5. The van der Waals surface area contributed by atoms with Crippen molar-refractivity contribution in [3.05, 3.63) is 69.5 Å². The lowest BCUT2D eigenvalue weighted by Crippen LogP contribution is -2.16. The van der Waals surface area contributed by atoms with Crippen LogP contribution >= 0.6 is 11.6 Å². The lowest BCUT2D eigenvalue weighted by atomic mass is 9.92. The van der Waals surface area contributed by atoms with Gasteiger partial charge < -0.3 is 5.73 Å². The Morgan fingerprint density at radius 1 is 1.14 bits per heavy atom. The van der Waals surface area contributed by atoms with E-state index in [9.17, 15) is 4.39 Å². The Kier molecular flexibility index (Phi) is 5.38. The van der Waals surface area contributed by atoms with Crippen molar-refractivity contribution in [3.63, 3.8) is 0 Å². The van der Waals surface area contributed by atoms with Crippen LogP contribution in [0.25, 0.3) is 0 Å². The molecule has 0 fully saturated rings. The quantitative estimate of drug-likeness (QED) is 0.840. The zero-order valence-electron chi connectivity index (χ0n) is 12.5. The van der Waals surface area contributed by atoms with E-state index in [2.05, 4.69) is 32.0 Å². The summed E-state index contributed by atoms with van der Waals surface area (Å²) < 4.78 is 13.9. The summed E-state index contributed by atoms with van der Waals surface area (Å²) >= 11 is 6.10. The molecule has 0 radical (unpaired) electrons. The highest BCUT2D eigenvalue weighted by Gasteiger charge is 2.16. The van der Waals surface area contributed by atoms with Crippen molar-refractivity contribution in [2.24, 2.45) is 5.73 Å². The normalized spacial score (nSPS) is 12.4. The molecule has 0 aliphatic rings. The molecule has 0 bridgehead atoms. The van der Waals surface area contributed by atoms with Gasteiger partial charge in [-0.2, -0.15) is 0 Å². The maximum absolute atomic E-state index is 13.9. The monoisotopic (exact) mass is 305 g/mol. The molecular formula is C18H21ClFN. The van der Waals surface area contributed by atoms with Crippen LogP contribution in [0.15, 0.2) is 36.4 Å². The van der Waals surface area contributed by atoms with E-state index in [4.69, 9.17) is 17.3 Å². The number of benzene rings is 2. The second-order valence-corrected chi connectivity index (χ2v) is 5.66. The summed E-state index contributed by atoms with van der Waals surface area (Å²) in [4.78, 5) is 0. The van der Waals surface area contributed by atoms with Crippen LogP contribution in [0.2, 0.25) is 5.02 Å². The zero-order valence-corrected chi connectivity index (χ0v) is 13.3. The third-order valence-electron chi connectivity index (χ3n) is 3.88. The first-order chi connectivity index (χ1) is 10.1. The number of aryl methyl sites for hydroxylation is 2. The molecule has 2 rings (SSSR count). The van der Waals surface area contributed by atoms with Gasteiger partial charge in [-0.1, -0.05) is 49.7 Å². The molecular weight excluding hydrogens is 285 g/mol. The van der Waals surface area contributed by atoms with Gasteiger partial charge in [-0.3, -0.25) is 0 Å². The molecule has 0 amide bonds. The van der Waals surface area contributed by atoms with Crippen LogP contribution in [0.1, 0.15) is 42.1 Å². The molecule has 0 aliphatic heterocycles. The van der Waals surface area contributed by atoms with Crippen LogP contribution < -0.4 is 5.73 Å². The average Bonchev–Trinajstić information content (AvgIpc) is 2.50. The predicted octanol–water partition coefficient (Wildman–Crippen LogP) is 4.85. The number of halogens is 2. The second-order valence-electron chi connectivity index (χ2n) is 5.25. The van der Waals surface area contributed by atoms with Crippen LogP contribution in [0.3, 0.4) is 0 Å². The van der Waals surface area contributed by atoms with Crippen molar-refractivity contribution in [1.29, 1.82) is 0 Å². The van der Waals surface area contributed by atoms with Gasteiger partial charge in [-0.25, -0.2) is 4.39 Å². The van der Waals surface area contributed by atoms with E-state index in [0.29, 0.717) is 17.0 Å². The highest BCUT2D eigenvalue weighted by molar-refractivity contribution is 6.31. The number of hydrogen-bond acceptors (Lipinski definition) is 1. The molecule has 21 heavy (non-hydrogen) atoms. The van der Waals surface area contributed by atoms with Gasteiger partial charge in [-0.05, 0) is 48.1 Å². The van der Waals surface area contributed by atoms with Crippen molar-refractivity contribution in [2.75, 3.05) is 0 Å². The number of nitrogens with two attached hydrogens (primary N) is 1. The molecule has 3 heteroatoms. The Balaban J connectivity index is 2.33. The largest absolute Gasteiger partial charge is 0.324 e. The first-order valence-corrected chi connectivity index (χ1v) is 7.74. The van der Waals surface area contributed by atoms with Gasteiger partial charge in [0, 0.05) is 16.6 Å². The molecule has 0 aliphatic carbocycles. The Bertz CT molecular complexity index is 604. The molecule has 2 N–H and O–H groups in total. The minimum Gasteiger partial charge on any atom is -0.324 e. The van der Waals surface area contributed by atoms with Crippen molar-refractivity contribution in [1.82, 2.24) is 0 Å². The highest BCUT2D eigenvalue weighted by atomic mass is 35.5.